The molecule has 0 aliphatic carbocycles. The first-order valence-corrected chi connectivity index (χ1v) is 9.98. The molecule has 1 aliphatic heterocycles. The minimum absolute atomic E-state index is 0.0110. The SMILES string of the molecule is CCOc1ccc(C(=O)N2CCN(C(=O)COc3cccc(C)c3C)CC2)cc1. The van der Waals surface area contributed by atoms with Gasteiger partial charge in [0.1, 0.15) is 11.5 Å². The largest absolute Gasteiger partial charge is 0.494 e. The molecule has 1 heterocycles. The van der Waals surface area contributed by atoms with Gasteiger partial charge in [-0.25, -0.2) is 0 Å². The first-order chi connectivity index (χ1) is 14.0. The quantitative estimate of drug-likeness (QED) is 0.753. The number of ether oxygens (including phenoxy) is 2. The number of benzene rings is 2. The lowest BCUT2D eigenvalue weighted by Crippen LogP contribution is -2.51. The molecule has 0 unspecified atom stereocenters. The summed E-state index contributed by atoms with van der Waals surface area (Å²) in [7, 11) is 0. The fraction of sp³-hybridized carbons (Fsp3) is 0.391. The van der Waals surface area contributed by atoms with E-state index in [-0.39, 0.29) is 18.4 Å². The maximum Gasteiger partial charge on any atom is 0.260 e. The van der Waals surface area contributed by atoms with Crippen LogP contribution in [-0.4, -0.2) is 61.0 Å². The molecule has 1 aliphatic rings. The van der Waals surface area contributed by atoms with Gasteiger partial charge in [0.05, 0.1) is 6.61 Å². The van der Waals surface area contributed by atoms with Crippen molar-refractivity contribution < 1.29 is 19.1 Å². The minimum Gasteiger partial charge on any atom is -0.494 e. The Morgan fingerprint density at radius 2 is 1.55 bits per heavy atom. The Hall–Kier alpha value is -3.02. The van der Waals surface area contributed by atoms with Gasteiger partial charge in [-0.15, -0.1) is 0 Å². The van der Waals surface area contributed by atoms with Gasteiger partial charge in [-0.2, -0.15) is 0 Å². The van der Waals surface area contributed by atoms with Gasteiger partial charge >= 0.3 is 0 Å². The summed E-state index contributed by atoms with van der Waals surface area (Å²) in [6.45, 7) is 8.59. The second-order valence-corrected chi connectivity index (χ2v) is 7.12. The van der Waals surface area contributed by atoms with Crippen molar-refractivity contribution in [3.05, 3.63) is 59.2 Å². The second kappa shape index (κ2) is 9.45. The van der Waals surface area contributed by atoms with Crippen LogP contribution in [0.15, 0.2) is 42.5 Å². The van der Waals surface area contributed by atoms with Crippen LogP contribution in [0.1, 0.15) is 28.4 Å². The topological polar surface area (TPSA) is 59.1 Å². The van der Waals surface area contributed by atoms with E-state index in [1.165, 1.54) is 0 Å². The zero-order chi connectivity index (χ0) is 20.8. The number of aryl methyl sites for hydroxylation is 1. The van der Waals surface area contributed by atoms with E-state index in [0.29, 0.717) is 38.3 Å². The molecule has 3 rings (SSSR count). The molecule has 0 spiro atoms. The number of hydrogen-bond donors (Lipinski definition) is 0. The maximum absolute atomic E-state index is 12.7. The summed E-state index contributed by atoms with van der Waals surface area (Å²) >= 11 is 0. The number of piperazine rings is 1. The van der Waals surface area contributed by atoms with Crippen molar-refractivity contribution in [3.63, 3.8) is 0 Å². The summed E-state index contributed by atoms with van der Waals surface area (Å²) in [5.74, 6) is 1.41. The summed E-state index contributed by atoms with van der Waals surface area (Å²) < 4.78 is 11.1. The highest BCUT2D eigenvalue weighted by atomic mass is 16.5. The first kappa shape index (κ1) is 20.7. The van der Waals surface area contributed by atoms with Crippen LogP contribution in [0, 0.1) is 13.8 Å². The van der Waals surface area contributed by atoms with Gasteiger partial charge in [-0.1, -0.05) is 12.1 Å². The third-order valence-corrected chi connectivity index (χ3v) is 5.24. The normalized spacial score (nSPS) is 13.9. The summed E-state index contributed by atoms with van der Waals surface area (Å²) in [6, 6.07) is 13.0. The van der Waals surface area contributed by atoms with Crippen LogP contribution in [0.4, 0.5) is 0 Å². The van der Waals surface area contributed by atoms with Gasteiger partial charge in [0.15, 0.2) is 6.61 Å². The molecule has 2 aromatic carbocycles. The van der Waals surface area contributed by atoms with Gasteiger partial charge in [-0.05, 0) is 62.2 Å². The van der Waals surface area contributed by atoms with Gasteiger partial charge in [-0.3, -0.25) is 9.59 Å². The van der Waals surface area contributed by atoms with E-state index >= 15 is 0 Å². The Labute approximate surface area is 172 Å². The van der Waals surface area contributed by atoms with Crippen molar-refractivity contribution in [2.24, 2.45) is 0 Å². The Morgan fingerprint density at radius 3 is 2.21 bits per heavy atom. The average molecular weight is 396 g/mol. The molecule has 6 nitrogen and oxygen atoms in total. The Kier molecular flexibility index (Phi) is 6.75. The molecule has 1 saturated heterocycles. The van der Waals surface area contributed by atoms with Crippen LogP contribution in [-0.2, 0) is 4.79 Å². The van der Waals surface area contributed by atoms with Gasteiger partial charge in [0.25, 0.3) is 11.8 Å². The van der Waals surface area contributed by atoms with E-state index in [0.717, 1.165) is 22.6 Å². The van der Waals surface area contributed by atoms with Crippen molar-refractivity contribution >= 4 is 11.8 Å². The lowest BCUT2D eigenvalue weighted by atomic mass is 10.1. The van der Waals surface area contributed by atoms with Crippen molar-refractivity contribution in [1.82, 2.24) is 9.80 Å². The first-order valence-electron chi connectivity index (χ1n) is 9.98. The monoisotopic (exact) mass is 396 g/mol. The minimum atomic E-state index is -0.0564. The van der Waals surface area contributed by atoms with E-state index in [2.05, 4.69) is 0 Å². The molecular formula is C23H28N2O4. The van der Waals surface area contributed by atoms with Crippen molar-refractivity contribution in [3.8, 4) is 11.5 Å². The summed E-state index contributed by atoms with van der Waals surface area (Å²) in [4.78, 5) is 28.7. The molecule has 6 heteroatoms. The molecule has 0 N–H and O–H groups in total. The summed E-state index contributed by atoms with van der Waals surface area (Å²) in [6.07, 6.45) is 0. The highest BCUT2D eigenvalue weighted by Gasteiger charge is 2.25. The van der Waals surface area contributed by atoms with Crippen molar-refractivity contribution in [2.45, 2.75) is 20.8 Å². The Morgan fingerprint density at radius 1 is 0.897 bits per heavy atom. The predicted octanol–water partition coefficient (Wildman–Crippen LogP) is 3.07. The standard InChI is InChI=1S/C23H28N2O4/c1-4-28-20-10-8-19(9-11-20)23(27)25-14-12-24(13-15-25)22(26)16-29-21-7-5-6-17(2)18(21)3/h5-11H,4,12-16H2,1-3H3. The van der Waals surface area contributed by atoms with Crippen LogP contribution >= 0.6 is 0 Å². The average Bonchev–Trinajstić information content (AvgIpc) is 2.75. The number of nitrogens with zero attached hydrogens (tertiary/aromatic N) is 2. The highest BCUT2D eigenvalue weighted by Crippen LogP contribution is 2.20. The van der Waals surface area contributed by atoms with Gasteiger partial charge < -0.3 is 19.3 Å². The zero-order valence-corrected chi connectivity index (χ0v) is 17.3. The van der Waals surface area contributed by atoms with Gasteiger partial charge in [0, 0.05) is 31.7 Å². The molecule has 2 aromatic rings. The molecule has 0 aromatic heterocycles. The molecule has 0 saturated carbocycles. The molecule has 0 bridgehead atoms. The van der Waals surface area contributed by atoms with E-state index in [1.54, 1.807) is 34.1 Å². The fourth-order valence-electron chi connectivity index (χ4n) is 3.31. The lowest BCUT2D eigenvalue weighted by Gasteiger charge is -2.34. The number of carbonyl (C=O) groups is 2. The molecule has 1 fully saturated rings. The Balaban J connectivity index is 1.49. The smallest absolute Gasteiger partial charge is 0.260 e. The second-order valence-electron chi connectivity index (χ2n) is 7.12. The van der Waals surface area contributed by atoms with E-state index in [4.69, 9.17) is 9.47 Å². The highest BCUT2D eigenvalue weighted by molar-refractivity contribution is 5.94. The van der Waals surface area contributed by atoms with Crippen LogP contribution < -0.4 is 9.47 Å². The third-order valence-electron chi connectivity index (χ3n) is 5.24. The Bertz CT molecular complexity index is 856. The fourth-order valence-corrected chi connectivity index (χ4v) is 3.31. The van der Waals surface area contributed by atoms with E-state index in [1.807, 2.05) is 39.0 Å². The number of amides is 2. The van der Waals surface area contributed by atoms with E-state index < -0.39 is 0 Å². The summed E-state index contributed by atoms with van der Waals surface area (Å²) in [5, 5.41) is 0. The van der Waals surface area contributed by atoms with E-state index in [9.17, 15) is 9.59 Å². The molecule has 29 heavy (non-hydrogen) atoms. The lowest BCUT2D eigenvalue weighted by molar-refractivity contribution is -0.134. The molecule has 0 atom stereocenters. The van der Waals surface area contributed by atoms with Crippen molar-refractivity contribution in [2.75, 3.05) is 39.4 Å². The van der Waals surface area contributed by atoms with Crippen LogP contribution in [0.5, 0.6) is 11.5 Å². The van der Waals surface area contributed by atoms with Crippen LogP contribution in [0.2, 0.25) is 0 Å². The van der Waals surface area contributed by atoms with Crippen LogP contribution in [0.3, 0.4) is 0 Å². The molecule has 2 amide bonds. The number of carbonyl (C=O) groups excluding carboxylic acids is 2. The van der Waals surface area contributed by atoms with Gasteiger partial charge in [0.2, 0.25) is 0 Å². The molecule has 0 radical (unpaired) electrons. The zero-order valence-electron chi connectivity index (χ0n) is 17.3. The third kappa shape index (κ3) is 5.08. The summed E-state index contributed by atoms with van der Waals surface area (Å²) in [5.41, 5.74) is 2.81. The van der Waals surface area contributed by atoms with Crippen LogP contribution in [0.25, 0.3) is 0 Å². The predicted molar refractivity (Wildman–Crippen MR) is 112 cm³/mol. The number of hydrogen-bond acceptors (Lipinski definition) is 4. The number of rotatable bonds is 6. The molecular weight excluding hydrogens is 368 g/mol. The van der Waals surface area contributed by atoms with Crippen molar-refractivity contribution in [1.29, 1.82) is 0 Å². The molecule has 154 valence electrons. The maximum atomic E-state index is 12.7.